The van der Waals surface area contributed by atoms with Gasteiger partial charge in [-0.3, -0.25) is 4.57 Å². The van der Waals surface area contributed by atoms with Crippen molar-refractivity contribution in [1.29, 1.82) is 0 Å². The summed E-state index contributed by atoms with van der Waals surface area (Å²) in [6.07, 6.45) is 0. The molecule has 4 aromatic rings. The van der Waals surface area contributed by atoms with Crippen molar-refractivity contribution in [3.05, 3.63) is 94.0 Å². The van der Waals surface area contributed by atoms with Crippen LogP contribution in [-0.4, -0.2) is 14.8 Å². The van der Waals surface area contributed by atoms with Gasteiger partial charge in [0.25, 0.3) is 0 Å². The molecule has 140 valence electrons. The lowest BCUT2D eigenvalue weighted by atomic mass is 10.1. The van der Waals surface area contributed by atoms with E-state index in [9.17, 15) is 0 Å². The van der Waals surface area contributed by atoms with Crippen molar-refractivity contribution in [3.8, 4) is 17.1 Å². The first-order valence-corrected chi connectivity index (χ1v) is 10.5. The van der Waals surface area contributed by atoms with E-state index in [1.165, 1.54) is 5.56 Å². The second-order valence-corrected chi connectivity index (χ2v) is 8.15. The maximum absolute atomic E-state index is 6.31. The van der Waals surface area contributed by atoms with Gasteiger partial charge in [-0.25, -0.2) is 0 Å². The Bertz CT molecular complexity index is 1110. The number of aryl methyl sites for hydroxylation is 1. The molecule has 4 rings (SSSR count). The van der Waals surface area contributed by atoms with Crippen LogP contribution in [0.25, 0.3) is 17.1 Å². The normalized spacial score (nSPS) is 11.0. The Morgan fingerprint density at radius 2 is 1.68 bits per heavy atom. The van der Waals surface area contributed by atoms with Gasteiger partial charge in [-0.2, -0.15) is 0 Å². The predicted octanol–water partition coefficient (Wildman–Crippen LogP) is 6.84. The quantitative estimate of drug-likeness (QED) is 0.327. The smallest absolute Gasteiger partial charge is 0.196 e. The van der Waals surface area contributed by atoms with Gasteiger partial charge in [-0.15, -0.1) is 10.2 Å². The molecule has 0 spiro atoms. The molecular formula is C22H17Cl2N3S. The molecule has 0 atom stereocenters. The third-order valence-electron chi connectivity index (χ3n) is 4.31. The molecule has 0 aliphatic heterocycles. The van der Waals surface area contributed by atoms with Gasteiger partial charge in [0, 0.05) is 27.0 Å². The van der Waals surface area contributed by atoms with E-state index < -0.39 is 0 Å². The van der Waals surface area contributed by atoms with E-state index in [-0.39, 0.29) is 0 Å². The van der Waals surface area contributed by atoms with Gasteiger partial charge in [0.15, 0.2) is 11.0 Å². The van der Waals surface area contributed by atoms with Crippen LogP contribution in [0.5, 0.6) is 0 Å². The molecule has 0 aliphatic rings. The summed E-state index contributed by atoms with van der Waals surface area (Å²) in [5, 5.41) is 11.2. The maximum Gasteiger partial charge on any atom is 0.196 e. The number of thioether (sulfide) groups is 1. The Labute approximate surface area is 178 Å². The predicted molar refractivity (Wildman–Crippen MR) is 118 cm³/mol. The summed E-state index contributed by atoms with van der Waals surface area (Å²) in [6, 6.07) is 23.8. The second-order valence-electron chi connectivity index (χ2n) is 6.37. The number of aromatic nitrogens is 3. The van der Waals surface area contributed by atoms with Crippen LogP contribution >= 0.6 is 35.0 Å². The van der Waals surface area contributed by atoms with Gasteiger partial charge < -0.3 is 0 Å². The Hall–Kier alpha value is -2.27. The minimum Gasteiger partial charge on any atom is -0.270 e. The van der Waals surface area contributed by atoms with Crippen molar-refractivity contribution in [2.75, 3.05) is 0 Å². The van der Waals surface area contributed by atoms with Crippen LogP contribution in [0.1, 0.15) is 11.1 Å². The molecule has 0 saturated heterocycles. The van der Waals surface area contributed by atoms with Gasteiger partial charge in [0.05, 0.1) is 0 Å². The summed E-state index contributed by atoms with van der Waals surface area (Å²) < 4.78 is 2.06. The van der Waals surface area contributed by atoms with Crippen molar-refractivity contribution >= 4 is 35.0 Å². The standard InChI is InChI=1S/C22H17Cl2N3S/c1-15-5-4-7-16(13-15)21-25-26-22(27(21)19-11-9-18(23)10-12-19)28-14-17-6-2-3-8-20(17)24/h2-13H,14H2,1H3. The molecule has 1 aromatic heterocycles. The molecule has 0 N–H and O–H groups in total. The van der Waals surface area contributed by atoms with E-state index in [0.29, 0.717) is 10.8 Å². The summed E-state index contributed by atoms with van der Waals surface area (Å²) in [5.74, 6) is 1.51. The zero-order valence-corrected chi connectivity index (χ0v) is 17.5. The summed E-state index contributed by atoms with van der Waals surface area (Å²) in [4.78, 5) is 0. The van der Waals surface area contributed by atoms with Gasteiger partial charge in [-0.05, 0) is 48.9 Å². The number of rotatable bonds is 5. The molecule has 0 amide bonds. The lowest BCUT2D eigenvalue weighted by Crippen LogP contribution is -2.00. The fourth-order valence-corrected chi connectivity index (χ4v) is 4.28. The molecule has 28 heavy (non-hydrogen) atoms. The van der Waals surface area contributed by atoms with Crippen molar-refractivity contribution in [1.82, 2.24) is 14.8 Å². The Balaban J connectivity index is 1.76. The summed E-state index contributed by atoms with van der Waals surface area (Å²) in [7, 11) is 0. The number of hydrogen-bond acceptors (Lipinski definition) is 3. The largest absolute Gasteiger partial charge is 0.270 e. The molecule has 1 heterocycles. The fourth-order valence-electron chi connectivity index (χ4n) is 2.92. The molecule has 0 unspecified atom stereocenters. The highest BCUT2D eigenvalue weighted by Crippen LogP contribution is 2.31. The van der Waals surface area contributed by atoms with Crippen LogP contribution in [0.15, 0.2) is 78.0 Å². The van der Waals surface area contributed by atoms with Gasteiger partial charge in [0.1, 0.15) is 0 Å². The van der Waals surface area contributed by atoms with Crippen LogP contribution in [0.4, 0.5) is 0 Å². The number of halogens is 2. The van der Waals surface area contributed by atoms with E-state index in [0.717, 1.165) is 32.8 Å². The molecule has 0 bridgehead atoms. The van der Waals surface area contributed by atoms with Crippen LogP contribution in [0.3, 0.4) is 0 Å². The third-order valence-corrected chi connectivity index (χ3v) is 5.91. The molecule has 0 aliphatic carbocycles. The maximum atomic E-state index is 6.31. The minimum absolute atomic E-state index is 0.694. The zero-order valence-electron chi connectivity index (χ0n) is 15.1. The van der Waals surface area contributed by atoms with Crippen LogP contribution in [-0.2, 0) is 5.75 Å². The topological polar surface area (TPSA) is 30.7 Å². The SMILES string of the molecule is Cc1cccc(-c2nnc(SCc3ccccc3Cl)n2-c2ccc(Cl)cc2)c1. The highest BCUT2D eigenvalue weighted by Gasteiger charge is 2.17. The number of nitrogens with zero attached hydrogens (tertiary/aromatic N) is 3. The van der Waals surface area contributed by atoms with Crippen molar-refractivity contribution in [3.63, 3.8) is 0 Å². The lowest BCUT2D eigenvalue weighted by molar-refractivity contribution is 0.886. The highest BCUT2D eigenvalue weighted by molar-refractivity contribution is 7.98. The van der Waals surface area contributed by atoms with E-state index in [2.05, 4.69) is 33.8 Å². The first-order valence-electron chi connectivity index (χ1n) is 8.76. The van der Waals surface area contributed by atoms with Crippen molar-refractivity contribution < 1.29 is 0 Å². The van der Waals surface area contributed by atoms with E-state index in [1.807, 2.05) is 60.7 Å². The minimum atomic E-state index is 0.694. The number of hydrogen-bond donors (Lipinski definition) is 0. The molecule has 0 fully saturated rings. The average Bonchev–Trinajstić information content (AvgIpc) is 3.12. The average molecular weight is 426 g/mol. The van der Waals surface area contributed by atoms with E-state index >= 15 is 0 Å². The van der Waals surface area contributed by atoms with Gasteiger partial charge in [-0.1, -0.05) is 76.9 Å². The highest BCUT2D eigenvalue weighted by atomic mass is 35.5. The van der Waals surface area contributed by atoms with Gasteiger partial charge >= 0.3 is 0 Å². The molecule has 3 nitrogen and oxygen atoms in total. The Morgan fingerprint density at radius 3 is 2.43 bits per heavy atom. The summed E-state index contributed by atoms with van der Waals surface area (Å²) in [6.45, 7) is 2.07. The van der Waals surface area contributed by atoms with E-state index in [4.69, 9.17) is 23.2 Å². The van der Waals surface area contributed by atoms with E-state index in [1.54, 1.807) is 11.8 Å². The Morgan fingerprint density at radius 1 is 0.893 bits per heavy atom. The summed E-state index contributed by atoms with van der Waals surface area (Å²) >= 11 is 14.0. The molecular weight excluding hydrogens is 409 g/mol. The molecule has 0 radical (unpaired) electrons. The Kier molecular flexibility index (Phi) is 5.72. The number of benzene rings is 3. The van der Waals surface area contributed by atoms with Gasteiger partial charge in [0.2, 0.25) is 0 Å². The van der Waals surface area contributed by atoms with Crippen molar-refractivity contribution in [2.45, 2.75) is 17.8 Å². The van der Waals surface area contributed by atoms with Crippen LogP contribution < -0.4 is 0 Å². The third kappa shape index (κ3) is 4.09. The molecule has 6 heteroatoms. The van der Waals surface area contributed by atoms with Crippen LogP contribution in [0.2, 0.25) is 10.0 Å². The monoisotopic (exact) mass is 425 g/mol. The molecule has 3 aromatic carbocycles. The lowest BCUT2D eigenvalue weighted by Gasteiger charge is -2.11. The summed E-state index contributed by atoms with van der Waals surface area (Å²) in [5.41, 5.74) is 4.23. The second kappa shape index (κ2) is 8.39. The molecule has 0 saturated carbocycles. The first-order chi connectivity index (χ1) is 13.6. The first kappa shape index (κ1) is 19.1. The zero-order chi connectivity index (χ0) is 19.5. The fraction of sp³-hybridized carbons (Fsp3) is 0.0909. The van der Waals surface area contributed by atoms with Crippen molar-refractivity contribution in [2.24, 2.45) is 0 Å². The van der Waals surface area contributed by atoms with Crippen LogP contribution in [0, 0.1) is 6.92 Å².